The number of rotatable bonds is 10. The average molecular weight is 408 g/mol. The number of carbonyl (C=O) groups excluding carboxylic acids is 1. The first-order valence-electron chi connectivity index (χ1n) is 10.2. The topological polar surface area (TPSA) is 73.6 Å². The second kappa shape index (κ2) is 10.5. The summed E-state index contributed by atoms with van der Waals surface area (Å²) in [5.74, 6) is 2.38. The average Bonchev–Trinajstić information content (AvgIpc) is 3.23. The first-order chi connectivity index (χ1) is 14.6. The summed E-state index contributed by atoms with van der Waals surface area (Å²) in [5.41, 5.74) is 2.75. The number of aryl methyl sites for hydroxylation is 2. The van der Waals surface area contributed by atoms with Crippen LogP contribution in [-0.4, -0.2) is 24.6 Å². The number of aromatic nitrogens is 1. The summed E-state index contributed by atoms with van der Waals surface area (Å²) < 4.78 is 16.9. The van der Waals surface area contributed by atoms with E-state index in [2.05, 4.69) is 17.2 Å². The lowest BCUT2D eigenvalue weighted by Gasteiger charge is -2.13. The number of hydrogen-bond donors (Lipinski definition) is 1. The van der Waals surface area contributed by atoms with Crippen LogP contribution in [0.15, 0.2) is 53.1 Å². The number of nitrogens with one attached hydrogen (secondary N) is 1. The number of oxazole rings is 1. The zero-order valence-corrected chi connectivity index (χ0v) is 17.7. The van der Waals surface area contributed by atoms with Crippen molar-refractivity contribution in [2.24, 2.45) is 0 Å². The first kappa shape index (κ1) is 21.4. The lowest BCUT2D eigenvalue weighted by Crippen LogP contribution is -2.13. The lowest BCUT2D eigenvalue weighted by atomic mass is 10.1. The monoisotopic (exact) mass is 408 g/mol. The molecule has 158 valence electrons. The third kappa shape index (κ3) is 5.86. The Labute approximate surface area is 177 Å². The maximum absolute atomic E-state index is 12.5. The van der Waals surface area contributed by atoms with E-state index in [4.69, 9.17) is 13.9 Å². The van der Waals surface area contributed by atoms with Crippen molar-refractivity contribution in [3.05, 3.63) is 60.1 Å². The molecule has 1 amide bonds. The van der Waals surface area contributed by atoms with E-state index in [1.807, 2.05) is 43.3 Å². The normalized spacial score (nSPS) is 10.6. The van der Waals surface area contributed by atoms with Crippen molar-refractivity contribution < 1.29 is 18.7 Å². The molecule has 1 aromatic heterocycles. The van der Waals surface area contributed by atoms with Gasteiger partial charge in [-0.15, -0.1) is 0 Å². The van der Waals surface area contributed by atoms with E-state index >= 15 is 0 Å². The maximum Gasteiger partial charge on any atom is 0.224 e. The summed E-state index contributed by atoms with van der Waals surface area (Å²) in [5, 5.41) is 2.91. The van der Waals surface area contributed by atoms with Crippen LogP contribution < -0.4 is 14.8 Å². The molecule has 0 fully saturated rings. The molecule has 0 unspecified atom stereocenters. The molecule has 0 saturated carbocycles. The molecule has 0 aliphatic heterocycles. The smallest absolute Gasteiger partial charge is 0.224 e. The molecule has 0 saturated heterocycles. The number of hydrogen-bond acceptors (Lipinski definition) is 5. The van der Waals surface area contributed by atoms with Crippen molar-refractivity contribution in [1.82, 2.24) is 4.98 Å². The zero-order valence-electron chi connectivity index (χ0n) is 17.7. The summed E-state index contributed by atoms with van der Waals surface area (Å²) >= 11 is 0. The van der Waals surface area contributed by atoms with Gasteiger partial charge < -0.3 is 19.2 Å². The molecule has 6 nitrogen and oxygen atoms in total. The maximum atomic E-state index is 12.5. The van der Waals surface area contributed by atoms with Crippen LogP contribution >= 0.6 is 0 Å². The minimum absolute atomic E-state index is 0.140. The van der Waals surface area contributed by atoms with E-state index in [9.17, 15) is 4.79 Å². The summed E-state index contributed by atoms with van der Waals surface area (Å²) in [6.07, 6.45) is 4.35. The number of anilines is 1. The number of unbranched alkanes of at least 4 members (excludes halogenated alkanes) is 1. The third-order valence-corrected chi connectivity index (χ3v) is 4.67. The summed E-state index contributed by atoms with van der Waals surface area (Å²) in [6.45, 7) is 4.74. The highest BCUT2D eigenvalue weighted by Gasteiger charge is 2.12. The molecule has 0 aliphatic carbocycles. The van der Waals surface area contributed by atoms with Gasteiger partial charge in [-0.2, -0.15) is 0 Å². The van der Waals surface area contributed by atoms with Gasteiger partial charge in [0.2, 0.25) is 5.91 Å². The number of methoxy groups -OCH3 is 1. The Morgan fingerprint density at radius 3 is 2.70 bits per heavy atom. The molecule has 1 heterocycles. The highest BCUT2D eigenvalue weighted by atomic mass is 16.5. The van der Waals surface area contributed by atoms with Crippen LogP contribution in [-0.2, 0) is 11.2 Å². The Balaban J connectivity index is 1.60. The van der Waals surface area contributed by atoms with E-state index in [0.29, 0.717) is 41.9 Å². The van der Waals surface area contributed by atoms with Crippen molar-refractivity contribution in [2.45, 2.75) is 39.5 Å². The third-order valence-electron chi connectivity index (χ3n) is 4.67. The molecule has 6 heteroatoms. The van der Waals surface area contributed by atoms with Gasteiger partial charge in [-0.05, 0) is 25.5 Å². The van der Waals surface area contributed by atoms with Gasteiger partial charge in [0, 0.05) is 24.5 Å². The Morgan fingerprint density at radius 2 is 1.97 bits per heavy atom. The molecule has 0 atom stereocenters. The van der Waals surface area contributed by atoms with Crippen molar-refractivity contribution in [2.75, 3.05) is 19.0 Å². The van der Waals surface area contributed by atoms with Crippen LogP contribution in [0, 0.1) is 6.92 Å². The molecule has 0 aliphatic rings. The Hall–Kier alpha value is -3.28. The number of nitrogens with zero attached hydrogens (tertiary/aromatic N) is 1. The predicted molar refractivity (Wildman–Crippen MR) is 117 cm³/mol. The molecule has 1 N–H and O–H groups in total. The van der Waals surface area contributed by atoms with Crippen LogP contribution in [0.4, 0.5) is 5.69 Å². The minimum atomic E-state index is -0.140. The number of ether oxygens (including phenoxy) is 2. The molecule has 2 aromatic carbocycles. The molecule has 0 bridgehead atoms. The second-order valence-corrected chi connectivity index (χ2v) is 7.10. The predicted octanol–water partition coefficient (Wildman–Crippen LogP) is 5.41. The van der Waals surface area contributed by atoms with Crippen LogP contribution in [0.3, 0.4) is 0 Å². The Kier molecular flexibility index (Phi) is 7.49. The highest BCUT2D eigenvalue weighted by molar-refractivity contribution is 5.92. The van der Waals surface area contributed by atoms with Gasteiger partial charge in [0.1, 0.15) is 11.5 Å². The van der Waals surface area contributed by atoms with Gasteiger partial charge in [0.25, 0.3) is 0 Å². The van der Waals surface area contributed by atoms with Crippen LogP contribution in [0.2, 0.25) is 0 Å². The van der Waals surface area contributed by atoms with E-state index in [0.717, 1.165) is 18.4 Å². The molecule has 0 radical (unpaired) electrons. The molecular weight excluding hydrogens is 380 g/mol. The molecule has 30 heavy (non-hydrogen) atoms. The quantitative estimate of drug-likeness (QED) is 0.454. The number of carbonyl (C=O) groups is 1. The van der Waals surface area contributed by atoms with Gasteiger partial charge >= 0.3 is 0 Å². The van der Waals surface area contributed by atoms with Crippen molar-refractivity contribution in [1.29, 1.82) is 0 Å². The van der Waals surface area contributed by atoms with Gasteiger partial charge in [-0.1, -0.05) is 43.2 Å². The van der Waals surface area contributed by atoms with E-state index in [1.54, 1.807) is 19.4 Å². The SMILES string of the molecule is CCCCOc1ccc(OC)cc1NC(=O)CCc1ncc(-c2ccc(C)cc2)o1. The van der Waals surface area contributed by atoms with E-state index in [-0.39, 0.29) is 12.3 Å². The molecule has 3 rings (SSSR count). The van der Waals surface area contributed by atoms with E-state index < -0.39 is 0 Å². The molecule has 3 aromatic rings. The second-order valence-electron chi connectivity index (χ2n) is 7.10. The standard InChI is InChI=1S/C24H28N2O4/c1-4-5-14-29-21-11-10-19(28-3)15-20(21)26-23(27)12-13-24-25-16-22(30-24)18-8-6-17(2)7-9-18/h6-11,15-16H,4-5,12-14H2,1-3H3,(H,26,27). The Bertz CT molecular complexity index is 964. The number of amides is 1. The Morgan fingerprint density at radius 1 is 1.17 bits per heavy atom. The van der Waals surface area contributed by atoms with Crippen molar-refractivity contribution in [3.8, 4) is 22.8 Å². The van der Waals surface area contributed by atoms with Crippen LogP contribution in [0.5, 0.6) is 11.5 Å². The van der Waals surface area contributed by atoms with Crippen molar-refractivity contribution in [3.63, 3.8) is 0 Å². The summed E-state index contributed by atoms with van der Waals surface area (Å²) in [6, 6.07) is 13.4. The highest BCUT2D eigenvalue weighted by Crippen LogP contribution is 2.30. The van der Waals surface area contributed by atoms with E-state index in [1.165, 1.54) is 5.56 Å². The lowest BCUT2D eigenvalue weighted by molar-refractivity contribution is -0.116. The van der Waals surface area contributed by atoms with Gasteiger partial charge in [-0.25, -0.2) is 4.98 Å². The van der Waals surface area contributed by atoms with Gasteiger partial charge in [0.15, 0.2) is 11.7 Å². The fraction of sp³-hybridized carbons (Fsp3) is 0.333. The fourth-order valence-electron chi connectivity index (χ4n) is 2.90. The minimum Gasteiger partial charge on any atom is -0.497 e. The molecule has 0 spiro atoms. The van der Waals surface area contributed by atoms with Crippen LogP contribution in [0.25, 0.3) is 11.3 Å². The van der Waals surface area contributed by atoms with Crippen molar-refractivity contribution >= 4 is 11.6 Å². The number of benzene rings is 2. The van der Waals surface area contributed by atoms with Gasteiger partial charge in [-0.3, -0.25) is 4.79 Å². The molecular formula is C24H28N2O4. The summed E-state index contributed by atoms with van der Waals surface area (Å²) in [7, 11) is 1.59. The summed E-state index contributed by atoms with van der Waals surface area (Å²) in [4.78, 5) is 16.8. The zero-order chi connectivity index (χ0) is 21.3. The largest absolute Gasteiger partial charge is 0.497 e. The fourth-order valence-corrected chi connectivity index (χ4v) is 2.90. The van der Waals surface area contributed by atoms with Gasteiger partial charge in [0.05, 0.1) is 25.6 Å². The van der Waals surface area contributed by atoms with Crippen LogP contribution in [0.1, 0.15) is 37.6 Å². The first-order valence-corrected chi connectivity index (χ1v) is 10.2.